The van der Waals surface area contributed by atoms with E-state index in [1.54, 1.807) is 12.1 Å². The van der Waals surface area contributed by atoms with Gasteiger partial charge in [0, 0.05) is 23.5 Å². The Labute approximate surface area is 166 Å². The first kappa shape index (κ1) is 18.3. The maximum Gasteiger partial charge on any atom is 0.331 e. The van der Waals surface area contributed by atoms with Gasteiger partial charge in [-0.1, -0.05) is 24.3 Å². The summed E-state index contributed by atoms with van der Waals surface area (Å²) < 4.78 is 7.57. The fourth-order valence-corrected chi connectivity index (χ4v) is 3.04. The lowest BCUT2D eigenvalue weighted by molar-refractivity contribution is -0.386. The molecule has 0 bridgehead atoms. The Kier molecular flexibility index (Phi) is 4.74. The monoisotopic (exact) mass is 387 g/mol. The van der Waals surface area contributed by atoms with E-state index in [4.69, 9.17) is 4.74 Å². The van der Waals surface area contributed by atoms with E-state index in [2.05, 4.69) is 15.2 Å². The second-order valence-corrected chi connectivity index (χ2v) is 6.40. The molecule has 2 heterocycles. The maximum absolute atomic E-state index is 11.1. The van der Waals surface area contributed by atoms with E-state index in [9.17, 15) is 10.1 Å². The first-order chi connectivity index (χ1) is 14.0. The number of pyridine rings is 1. The molecule has 0 atom stereocenters. The normalized spacial score (nSPS) is 10.7. The second-order valence-electron chi connectivity index (χ2n) is 6.40. The predicted molar refractivity (Wildman–Crippen MR) is 107 cm³/mol. The second kappa shape index (κ2) is 7.51. The van der Waals surface area contributed by atoms with Gasteiger partial charge in [-0.2, -0.15) is 0 Å². The fraction of sp³-hybridized carbons (Fsp3) is 0.0952. The minimum Gasteiger partial charge on any atom is -0.434 e. The van der Waals surface area contributed by atoms with E-state index in [1.165, 1.54) is 18.3 Å². The SMILES string of the molecule is Cc1ccccc1-c1nnc(C)n1-c1ccc(Oc2ncccc2[N+](=O)[O-])cc1. The number of hydrogen-bond acceptors (Lipinski definition) is 6. The van der Waals surface area contributed by atoms with Crippen molar-refractivity contribution in [3.05, 3.63) is 88.4 Å². The van der Waals surface area contributed by atoms with Crippen LogP contribution in [0.25, 0.3) is 17.1 Å². The summed E-state index contributed by atoms with van der Waals surface area (Å²) in [5.74, 6) is 1.89. The van der Waals surface area contributed by atoms with Crippen LogP contribution >= 0.6 is 0 Å². The van der Waals surface area contributed by atoms with Gasteiger partial charge in [0.2, 0.25) is 0 Å². The zero-order valence-corrected chi connectivity index (χ0v) is 15.8. The van der Waals surface area contributed by atoms with Gasteiger partial charge >= 0.3 is 5.69 Å². The van der Waals surface area contributed by atoms with E-state index >= 15 is 0 Å². The van der Waals surface area contributed by atoms with E-state index < -0.39 is 4.92 Å². The Morgan fingerprint density at radius 1 is 0.966 bits per heavy atom. The molecule has 0 aliphatic heterocycles. The van der Waals surface area contributed by atoms with Crippen molar-refractivity contribution in [2.24, 2.45) is 0 Å². The van der Waals surface area contributed by atoms with Crippen LogP contribution in [0.2, 0.25) is 0 Å². The van der Waals surface area contributed by atoms with Gasteiger partial charge in [-0.3, -0.25) is 14.7 Å². The minimum absolute atomic E-state index is 0.0497. The van der Waals surface area contributed by atoms with Crippen LogP contribution in [0.4, 0.5) is 5.69 Å². The fourth-order valence-electron chi connectivity index (χ4n) is 3.04. The summed E-state index contributed by atoms with van der Waals surface area (Å²) in [6.45, 7) is 3.91. The molecule has 2 aromatic heterocycles. The lowest BCUT2D eigenvalue weighted by Crippen LogP contribution is -2.01. The first-order valence-corrected chi connectivity index (χ1v) is 8.90. The maximum atomic E-state index is 11.1. The van der Waals surface area contributed by atoms with Gasteiger partial charge in [0.25, 0.3) is 5.88 Å². The van der Waals surface area contributed by atoms with Crippen LogP contribution in [0, 0.1) is 24.0 Å². The highest BCUT2D eigenvalue weighted by Gasteiger charge is 2.17. The Bertz CT molecular complexity index is 1190. The van der Waals surface area contributed by atoms with Crippen LogP contribution in [0.5, 0.6) is 11.6 Å². The number of aromatic nitrogens is 4. The van der Waals surface area contributed by atoms with E-state index in [0.717, 1.165) is 28.5 Å². The molecule has 4 aromatic rings. The molecule has 0 saturated carbocycles. The summed E-state index contributed by atoms with van der Waals surface area (Å²) in [6.07, 6.45) is 1.45. The van der Waals surface area contributed by atoms with Gasteiger partial charge in [-0.25, -0.2) is 4.98 Å². The minimum atomic E-state index is -0.522. The van der Waals surface area contributed by atoms with Crippen molar-refractivity contribution in [2.45, 2.75) is 13.8 Å². The quantitative estimate of drug-likeness (QED) is 0.365. The van der Waals surface area contributed by atoms with Gasteiger partial charge in [-0.05, 0) is 49.7 Å². The molecule has 0 spiro atoms. The molecule has 0 amide bonds. The third-order valence-corrected chi connectivity index (χ3v) is 4.47. The molecule has 4 rings (SSSR count). The van der Waals surface area contributed by atoms with Gasteiger partial charge in [-0.15, -0.1) is 10.2 Å². The Balaban J connectivity index is 1.67. The zero-order chi connectivity index (χ0) is 20.4. The molecule has 0 unspecified atom stereocenters. The number of rotatable bonds is 5. The van der Waals surface area contributed by atoms with Crippen molar-refractivity contribution in [3.63, 3.8) is 0 Å². The Hall–Kier alpha value is -4.07. The number of nitrogens with zero attached hydrogens (tertiary/aromatic N) is 5. The molecule has 144 valence electrons. The molecule has 8 heteroatoms. The summed E-state index contributed by atoms with van der Waals surface area (Å²) in [7, 11) is 0. The molecule has 2 aromatic carbocycles. The largest absolute Gasteiger partial charge is 0.434 e. The molecule has 0 N–H and O–H groups in total. The van der Waals surface area contributed by atoms with Crippen molar-refractivity contribution < 1.29 is 9.66 Å². The summed E-state index contributed by atoms with van der Waals surface area (Å²) in [5.41, 5.74) is 2.77. The van der Waals surface area contributed by atoms with Gasteiger partial charge in [0.05, 0.1) is 4.92 Å². The van der Waals surface area contributed by atoms with Crippen LogP contribution in [0.15, 0.2) is 66.9 Å². The van der Waals surface area contributed by atoms with Crippen molar-refractivity contribution in [1.82, 2.24) is 19.7 Å². The predicted octanol–water partition coefficient (Wildman–Crippen LogP) is 4.65. The molecule has 0 aliphatic rings. The summed E-state index contributed by atoms with van der Waals surface area (Å²) >= 11 is 0. The third-order valence-electron chi connectivity index (χ3n) is 4.47. The highest BCUT2D eigenvalue weighted by Crippen LogP contribution is 2.30. The van der Waals surface area contributed by atoms with Gasteiger partial charge in [0.15, 0.2) is 5.82 Å². The molecule has 0 saturated heterocycles. The summed E-state index contributed by atoms with van der Waals surface area (Å²) in [5, 5.41) is 19.7. The van der Waals surface area contributed by atoms with Gasteiger partial charge in [0.1, 0.15) is 11.6 Å². The standard InChI is InChI=1S/C21H17N5O3/c1-14-6-3-4-7-18(14)20-24-23-15(2)25(20)16-9-11-17(12-10-16)29-21-19(26(27)28)8-5-13-22-21/h3-13H,1-2H3. The number of aryl methyl sites for hydroxylation is 2. The van der Waals surface area contributed by atoms with Crippen LogP contribution < -0.4 is 4.74 Å². The van der Waals surface area contributed by atoms with E-state index in [1.807, 2.05) is 54.8 Å². The topological polar surface area (TPSA) is 96.0 Å². The summed E-state index contributed by atoms with van der Waals surface area (Å²) in [4.78, 5) is 14.6. The first-order valence-electron chi connectivity index (χ1n) is 8.90. The lowest BCUT2D eigenvalue weighted by Gasteiger charge is -2.11. The van der Waals surface area contributed by atoms with Gasteiger partial charge < -0.3 is 4.74 Å². The van der Waals surface area contributed by atoms with Crippen LogP contribution in [-0.4, -0.2) is 24.7 Å². The van der Waals surface area contributed by atoms with E-state index in [0.29, 0.717) is 5.75 Å². The zero-order valence-electron chi connectivity index (χ0n) is 15.8. The molecular weight excluding hydrogens is 370 g/mol. The molecule has 8 nitrogen and oxygen atoms in total. The number of ether oxygens (including phenoxy) is 1. The van der Waals surface area contributed by atoms with Crippen LogP contribution in [0.3, 0.4) is 0 Å². The average molecular weight is 387 g/mol. The highest BCUT2D eigenvalue weighted by molar-refractivity contribution is 5.63. The van der Waals surface area contributed by atoms with Crippen molar-refractivity contribution in [1.29, 1.82) is 0 Å². The van der Waals surface area contributed by atoms with Crippen LogP contribution in [-0.2, 0) is 0 Å². The van der Waals surface area contributed by atoms with Crippen molar-refractivity contribution in [2.75, 3.05) is 0 Å². The van der Waals surface area contributed by atoms with Crippen molar-refractivity contribution >= 4 is 5.69 Å². The molecule has 29 heavy (non-hydrogen) atoms. The van der Waals surface area contributed by atoms with Crippen LogP contribution in [0.1, 0.15) is 11.4 Å². The highest BCUT2D eigenvalue weighted by atomic mass is 16.6. The number of hydrogen-bond donors (Lipinski definition) is 0. The summed E-state index contributed by atoms with van der Waals surface area (Å²) in [6, 6.07) is 18.0. The van der Waals surface area contributed by atoms with Crippen molar-refractivity contribution in [3.8, 4) is 28.7 Å². The smallest absolute Gasteiger partial charge is 0.331 e. The van der Waals surface area contributed by atoms with E-state index in [-0.39, 0.29) is 11.6 Å². The Morgan fingerprint density at radius 3 is 2.45 bits per heavy atom. The lowest BCUT2D eigenvalue weighted by atomic mass is 10.1. The molecule has 0 fully saturated rings. The average Bonchev–Trinajstić information content (AvgIpc) is 3.10. The number of benzene rings is 2. The Morgan fingerprint density at radius 2 is 1.72 bits per heavy atom. The number of nitro groups is 1. The molecule has 0 radical (unpaired) electrons. The molecular formula is C21H17N5O3. The molecule has 0 aliphatic carbocycles. The third kappa shape index (κ3) is 3.55.